The van der Waals surface area contributed by atoms with Crippen molar-refractivity contribution in [1.29, 1.82) is 0 Å². The lowest BCUT2D eigenvalue weighted by molar-refractivity contribution is -0.898. The van der Waals surface area contributed by atoms with Gasteiger partial charge in [-0.05, 0) is 6.92 Å². The molecular formula is C9H19ClN2. The Kier molecular flexibility index (Phi) is 2.88. The largest absolute Gasteiger partial charge is 1.00 e. The van der Waals surface area contributed by atoms with Gasteiger partial charge in [-0.1, -0.05) is 0 Å². The molecule has 0 aromatic heterocycles. The van der Waals surface area contributed by atoms with Crippen LogP contribution in [0.3, 0.4) is 0 Å². The maximum atomic E-state index is 3.48. The summed E-state index contributed by atoms with van der Waals surface area (Å²) in [5, 5.41) is 3.48. The summed E-state index contributed by atoms with van der Waals surface area (Å²) in [4.78, 5) is 0. The van der Waals surface area contributed by atoms with Crippen LogP contribution in [0.1, 0.15) is 27.7 Å². The maximum absolute atomic E-state index is 3.48. The molecule has 0 radical (unpaired) electrons. The lowest BCUT2D eigenvalue weighted by Gasteiger charge is -2.38. The molecular weight excluding hydrogens is 172 g/mol. The van der Waals surface area contributed by atoms with Gasteiger partial charge >= 0.3 is 0 Å². The van der Waals surface area contributed by atoms with Crippen molar-refractivity contribution in [3.05, 3.63) is 11.4 Å². The number of rotatable bonds is 0. The van der Waals surface area contributed by atoms with Gasteiger partial charge in [-0.2, -0.15) is 0 Å². The van der Waals surface area contributed by atoms with Crippen LogP contribution in [0.15, 0.2) is 11.4 Å². The van der Waals surface area contributed by atoms with Gasteiger partial charge in [-0.15, -0.1) is 0 Å². The highest BCUT2D eigenvalue weighted by Gasteiger charge is 2.44. The van der Waals surface area contributed by atoms with E-state index in [9.17, 15) is 0 Å². The molecule has 1 aliphatic rings. The van der Waals surface area contributed by atoms with Crippen molar-refractivity contribution in [2.24, 2.45) is 0 Å². The highest BCUT2D eigenvalue weighted by atomic mass is 35.5. The first-order valence-electron chi connectivity index (χ1n) is 4.09. The standard InChI is InChI=1S/C9H19N2.ClH/c1-7-8(2)11(5,6)9(3,4)10-7;/h10H,1-6H3;1H/q+1;/p-1. The summed E-state index contributed by atoms with van der Waals surface area (Å²) in [5.74, 6) is 0. The van der Waals surface area contributed by atoms with E-state index in [-0.39, 0.29) is 18.1 Å². The van der Waals surface area contributed by atoms with Crippen LogP contribution in [0.5, 0.6) is 0 Å². The quantitative estimate of drug-likeness (QED) is 0.467. The van der Waals surface area contributed by atoms with Crippen LogP contribution >= 0.6 is 0 Å². The Labute approximate surface area is 81.6 Å². The molecule has 0 bridgehead atoms. The van der Waals surface area contributed by atoms with Crippen molar-refractivity contribution < 1.29 is 16.9 Å². The predicted molar refractivity (Wildman–Crippen MR) is 47.7 cm³/mol. The number of hydrogen-bond acceptors (Lipinski definition) is 1. The monoisotopic (exact) mass is 190 g/mol. The summed E-state index contributed by atoms with van der Waals surface area (Å²) in [5.41, 5.74) is 2.89. The molecule has 1 heterocycles. The Hall–Kier alpha value is -0.210. The van der Waals surface area contributed by atoms with Gasteiger partial charge in [0.15, 0.2) is 5.66 Å². The first-order valence-corrected chi connectivity index (χ1v) is 4.09. The summed E-state index contributed by atoms with van der Waals surface area (Å²) in [6, 6.07) is 0. The van der Waals surface area contributed by atoms with Gasteiger partial charge in [0.05, 0.1) is 19.8 Å². The molecule has 1 rings (SSSR count). The van der Waals surface area contributed by atoms with E-state index in [4.69, 9.17) is 0 Å². The molecule has 12 heavy (non-hydrogen) atoms. The second-order valence-corrected chi connectivity index (χ2v) is 4.35. The lowest BCUT2D eigenvalue weighted by atomic mass is 10.2. The van der Waals surface area contributed by atoms with Crippen LogP contribution < -0.4 is 17.7 Å². The van der Waals surface area contributed by atoms with Crippen molar-refractivity contribution in [2.75, 3.05) is 14.1 Å². The SMILES string of the molecule is CC1=C(C)[N+](C)(C)C(C)(C)N1.[Cl-]. The zero-order valence-electron chi connectivity index (χ0n) is 8.83. The third-order valence-corrected chi connectivity index (χ3v) is 3.27. The average Bonchev–Trinajstić information content (AvgIpc) is 1.93. The lowest BCUT2D eigenvalue weighted by Crippen LogP contribution is -3.00. The minimum atomic E-state index is 0. The van der Waals surface area contributed by atoms with Gasteiger partial charge in [0.2, 0.25) is 0 Å². The van der Waals surface area contributed by atoms with Gasteiger partial charge in [0, 0.05) is 20.8 Å². The summed E-state index contributed by atoms with van der Waals surface area (Å²) < 4.78 is 0.943. The number of hydrogen-bond donors (Lipinski definition) is 1. The van der Waals surface area contributed by atoms with Crippen LogP contribution in [0.25, 0.3) is 0 Å². The second-order valence-electron chi connectivity index (χ2n) is 4.35. The fourth-order valence-corrected chi connectivity index (χ4v) is 1.53. The van der Waals surface area contributed by atoms with Crippen LogP contribution in [-0.4, -0.2) is 24.2 Å². The number of halogens is 1. The molecule has 2 nitrogen and oxygen atoms in total. The summed E-state index contributed by atoms with van der Waals surface area (Å²) >= 11 is 0. The Bertz CT molecular complexity index is 217. The summed E-state index contributed by atoms with van der Waals surface area (Å²) in [7, 11) is 4.47. The van der Waals surface area contributed by atoms with E-state index < -0.39 is 0 Å². The summed E-state index contributed by atoms with van der Waals surface area (Å²) in [6.07, 6.45) is 0. The summed E-state index contributed by atoms with van der Waals surface area (Å²) in [6.45, 7) is 8.79. The molecule has 0 saturated carbocycles. The molecule has 0 atom stereocenters. The fraction of sp³-hybridized carbons (Fsp3) is 0.778. The Morgan fingerprint density at radius 3 is 1.67 bits per heavy atom. The van der Waals surface area contributed by atoms with Crippen molar-refractivity contribution >= 4 is 0 Å². The maximum Gasteiger partial charge on any atom is 0.170 e. The molecule has 0 aliphatic carbocycles. The Morgan fingerprint density at radius 2 is 1.58 bits per heavy atom. The van der Waals surface area contributed by atoms with Gasteiger partial charge < -0.3 is 17.7 Å². The Morgan fingerprint density at radius 1 is 1.17 bits per heavy atom. The van der Waals surface area contributed by atoms with E-state index >= 15 is 0 Å². The molecule has 1 aliphatic heterocycles. The van der Waals surface area contributed by atoms with E-state index in [1.165, 1.54) is 11.4 Å². The third-order valence-electron chi connectivity index (χ3n) is 3.27. The number of quaternary nitrogens is 1. The molecule has 72 valence electrons. The highest BCUT2D eigenvalue weighted by Crippen LogP contribution is 2.32. The molecule has 0 fully saturated rings. The molecule has 0 aromatic rings. The molecule has 0 aromatic carbocycles. The van der Waals surface area contributed by atoms with Crippen molar-refractivity contribution in [1.82, 2.24) is 5.32 Å². The zero-order valence-corrected chi connectivity index (χ0v) is 9.58. The normalized spacial score (nSPS) is 24.8. The van der Waals surface area contributed by atoms with Gasteiger partial charge in [0.1, 0.15) is 5.70 Å². The molecule has 0 saturated heterocycles. The van der Waals surface area contributed by atoms with E-state index in [1.54, 1.807) is 0 Å². The molecule has 0 amide bonds. The van der Waals surface area contributed by atoms with Crippen LogP contribution in [0.4, 0.5) is 0 Å². The van der Waals surface area contributed by atoms with Gasteiger partial charge in [-0.3, -0.25) is 4.48 Å². The second kappa shape index (κ2) is 2.93. The van der Waals surface area contributed by atoms with Crippen molar-refractivity contribution in [3.63, 3.8) is 0 Å². The Balaban J connectivity index is 0.00000121. The molecule has 3 heteroatoms. The molecule has 0 unspecified atom stereocenters. The molecule has 1 N–H and O–H groups in total. The van der Waals surface area contributed by atoms with Crippen LogP contribution in [0.2, 0.25) is 0 Å². The van der Waals surface area contributed by atoms with Crippen molar-refractivity contribution in [3.8, 4) is 0 Å². The number of allylic oxidation sites excluding steroid dienone is 2. The topological polar surface area (TPSA) is 12.0 Å². The first-order chi connectivity index (χ1) is 4.79. The predicted octanol–water partition coefficient (Wildman–Crippen LogP) is -1.34. The van der Waals surface area contributed by atoms with Crippen molar-refractivity contribution in [2.45, 2.75) is 33.4 Å². The minimum absolute atomic E-state index is 0. The van der Waals surface area contributed by atoms with Crippen LogP contribution in [-0.2, 0) is 0 Å². The fourth-order valence-electron chi connectivity index (χ4n) is 1.53. The smallest absolute Gasteiger partial charge is 0.170 e. The van der Waals surface area contributed by atoms with E-state index in [0.29, 0.717) is 0 Å². The zero-order chi connectivity index (χ0) is 8.86. The number of nitrogens with one attached hydrogen (secondary N) is 1. The van der Waals surface area contributed by atoms with Gasteiger partial charge in [-0.25, -0.2) is 0 Å². The van der Waals surface area contributed by atoms with Gasteiger partial charge in [0.25, 0.3) is 0 Å². The van der Waals surface area contributed by atoms with Crippen LogP contribution in [0, 0.1) is 0 Å². The molecule has 0 spiro atoms. The minimum Gasteiger partial charge on any atom is -1.00 e. The third kappa shape index (κ3) is 1.34. The van der Waals surface area contributed by atoms with E-state index in [1.807, 2.05) is 0 Å². The average molecular weight is 191 g/mol. The first kappa shape index (κ1) is 11.8. The number of nitrogens with zero attached hydrogens (tertiary/aromatic N) is 1. The highest BCUT2D eigenvalue weighted by molar-refractivity contribution is 5.09. The van der Waals surface area contributed by atoms with E-state index in [0.717, 1.165) is 4.48 Å². The van der Waals surface area contributed by atoms with E-state index in [2.05, 4.69) is 47.1 Å².